The zero-order valence-electron chi connectivity index (χ0n) is 29.1. The van der Waals surface area contributed by atoms with Crippen molar-refractivity contribution in [2.75, 3.05) is 24.0 Å². The minimum Gasteiger partial charge on any atom is -0.465 e. The number of amides is 4. The number of nitrogens with zero attached hydrogens (tertiary/aromatic N) is 4. The molecule has 12 nitrogen and oxygen atoms in total. The molecule has 52 heavy (non-hydrogen) atoms. The van der Waals surface area contributed by atoms with Crippen LogP contribution in [0.25, 0.3) is 0 Å². The monoisotopic (exact) mass is 738 g/mol. The molecule has 4 aromatic rings. The van der Waals surface area contributed by atoms with E-state index in [0.29, 0.717) is 22.3 Å². The number of hydrogen-bond acceptors (Lipinski definition) is 12. The average molecular weight is 739 g/mol. The summed E-state index contributed by atoms with van der Waals surface area (Å²) in [6.07, 6.45) is 0. The van der Waals surface area contributed by atoms with Crippen LogP contribution in [0.4, 0.5) is 10.0 Å². The predicted molar refractivity (Wildman–Crippen MR) is 192 cm³/mol. The van der Waals surface area contributed by atoms with Crippen LogP contribution in [0, 0.1) is 39.5 Å². The molecule has 0 N–H and O–H groups in total. The summed E-state index contributed by atoms with van der Waals surface area (Å²) in [6.45, 7) is 7.13. The molecule has 4 amide bonds. The van der Waals surface area contributed by atoms with E-state index in [1.807, 2.05) is 74.5 Å². The standard InChI is InChI=1S/C38H34N4O8S2/c1-17-19(3)51-35(23(17)37(47)49-5)39-31(43)25-27(21-13-9-7-10-14-21)42-30-26(28(22-15-11-8-12-16-22)41(42)29(25)33(39)45)32(44)40(34(30)46)36-24(38(48)50-6)18(2)20(4)52-36/h7-16,25-30H,1-6H3/t25-,26+,27-,28+,29+,30-. The quantitative estimate of drug-likeness (QED) is 0.195. The van der Waals surface area contributed by atoms with Gasteiger partial charge in [0.15, 0.2) is 0 Å². The van der Waals surface area contributed by atoms with Gasteiger partial charge >= 0.3 is 11.9 Å². The molecule has 0 spiro atoms. The van der Waals surface area contributed by atoms with E-state index in [1.54, 1.807) is 23.9 Å². The third-order valence-corrected chi connectivity index (χ3v) is 13.3. The Kier molecular flexibility index (Phi) is 8.06. The fourth-order valence-electron chi connectivity index (χ4n) is 8.42. The molecule has 2 aromatic carbocycles. The highest BCUT2D eigenvalue weighted by Gasteiger charge is 2.74. The molecule has 0 unspecified atom stereocenters. The molecular formula is C38H34N4O8S2. The highest BCUT2D eigenvalue weighted by atomic mass is 32.1. The number of imide groups is 2. The van der Waals surface area contributed by atoms with Gasteiger partial charge in [-0.25, -0.2) is 29.4 Å². The summed E-state index contributed by atoms with van der Waals surface area (Å²) in [6, 6.07) is 14.5. The van der Waals surface area contributed by atoms with Gasteiger partial charge in [0, 0.05) is 9.75 Å². The van der Waals surface area contributed by atoms with Gasteiger partial charge in [0.1, 0.15) is 22.1 Å². The number of ether oxygens (including phenoxy) is 2. The lowest BCUT2D eigenvalue weighted by Crippen LogP contribution is -2.50. The maximum Gasteiger partial charge on any atom is 0.341 e. The van der Waals surface area contributed by atoms with Crippen molar-refractivity contribution in [3.63, 3.8) is 0 Å². The Bertz CT molecular complexity index is 2060. The third-order valence-electron chi connectivity index (χ3n) is 10.9. The molecule has 8 rings (SSSR count). The van der Waals surface area contributed by atoms with Crippen molar-refractivity contribution in [3.05, 3.63) is 104 Å². The summed E-state index contributed by atoms with van der Waals surface area (Å²) in [7, 11) is 2.50. The van der Waals surface area contributed by atoms with Crippen LogP contribution in [-0.4, -0.2) is 71.9 Å². The molecule has 4 aliphatic heterocycles. The molecule has 266 valence electrons. The van der Waals surface area contributed by atoms with Crippen molar-refractivity contribution >= 4 is 68.2 Å². The van der Waals surface area contributed by atoms with Crippen LogP contribution < -0.4 is 9.80 Å². The van der Waals surface area contributed by atoms with Crippen LogP contribution in [0.1, 0.15) is 64.8 Å². The van der Waals surface area contributed by atoms with Gasteiger partial charge in [0.2, 0.25) is 11.8 Å². The Balaban J connectivity index is 1.33. The lowest BCUT2D eigenvalue weighted by Gasteiger charge is -2.35. The molecule has 4 aliphatic rings. The minimum atomic E-state index is -1.10. The van der Waals surface area contributed by atoms with Gasteiger partial charge in [-0.1, -0.05) is 60.7 Å². The maximum absolute atomic E-state index is 14.9. The van der Waals surface area contributed by atoms with Gasteiger partial charge in [-0.3, -0.25) is 19.2 Å². The second-order valence-electron chi connectivity index (χ2n) is 13.3. The Morgan fingerprint density at radius 2 is 0.885 bits per heavy atom. The average Bonchev–Trinajstić information content (AvgIpc) is 3.93. The van der Waals surface area contributed by atoms with E-state index in [9.17, 15) is 28.8 Å². The number of methoxy groups -OCH3 is 2. The number of hydrogen-bond donors (Lipinski definition) is 0. The Morgan fingerprint density at radius 3 is 1.21 bits per heavy atom. The number of thiophene rings is 2. The van der Waals surface area contributed by atoms with Crippen molar-refractivity contribution in [2.45, 2.75) is 51.9 Å². The van der Waals surface area contributed by atoms with Gasteiger partial charge in [-0.2, -0.15) is 0 Å². The largest absolute Gasteiger partial charge is 0.465 e. The Morgan fingerprint density at radius 1 is 0.538 bits per heavy atom. The molecule has 6 atom stereocenters. The summed E-state index contributed by atoms with van der Waals surface area (Å²) in [5, 5.41) is 3.93. The summed E-state index contributed by atoms with van der Waals surface area (Å²) in [5.41, 5.74) is 2.90. The maximum atomic E-state index is 14.9. The van der Waals surface area contributed by atoms with E-state index >= 15 is 0 Å². The molecule has 4 saturated heterocycles. The van der Waals surface area contributed by atoms with Gasteiger partial charge < -0.3 is 9.47 Å². The molecule has 0 aliphatic carbocycles. The second kappa shape index (κ2) is 12.3. The topological polar surface area (TPSA) is 134 Å². The molecule has 0 saturated carbocycles. The smallest absolute Gasteiger partial charge is 0.341 e. The van der Waals surface area contributed by atoms with E-state index in [4.69, 9.17) is 9.47 Å². The SMILES string of the molecule is COC(=O)c1c(N2C(=O)[C@H]3[C@@H](C2=O)N2[C@@H](c4ccccc4)[C@@H]4C(=O)N(c5sc(C)c(C)c5C(=O)OC)C(=O)[C@@H]4N2[C@@H]3c2ccccc2)sc(C)c1C. The lowest BCUT2D eigenvalue weighted by molar-refractivity contribution is -0.135. The van der Waals surface area contributed by atoms with E-state index in [-0.39, 0.29) is 21.1 Å². The zero-order chi connectivity index (χ0) is 36.9. The lowest BCUT2D eigenvalue weighted by atomic mass is 9.84. The van der Waals surface area contributed by atoms with Gasteiger partial charge in [0.25, 0.3) is 11.8 Å². The highest BCUT2D eigenvalue weighted by molar-refractivity contribution is 7.17. The Hall–Kier alpha value is -5.02. The van der Waals surface area contributed by atoms with E-state index in [2.05, 4.69) is 0 Å². The van der Waals surface area contributed by atoms with Crippen LogP contribution >= 0.6 is 22.7 Å². The number of aryl methyl sites for hydroxylation is 2. The number of esters is 2. The van der Waals surface area contributed by atoms with Gasteiger partial charge in [-0.05, 0) is 49.9 Å². The van der Waals surface area contributed by atoms with Crippen molar-refractivity contribution in [2.24, 2.45) is 11.8 Å². The first-order valence-corrected chi connectivity index (χ1v) is 18.4. The van der Waals surface area contributed by atoms with Crippen LogP contribution in [0.5, 0.6) is 0 Å². The van der Waals surface area contributed by atoms with Crippen molar-refractivity contribution in [3.8, 4) is 0 Å². The van der Waals surface area contributed by atoms with E-state index in [0.717, 1.165) is 19.6 Å². The minimum absolute atomic E-state index is 0.154. The molecule has 2 aromatic heterocycles. The van der Waals surface area contributed by atoms with Crippen molar-refractivity contribution in [1.29, 1.82) is 0 Å². The summed E-state index contributed by atoms with van der Waals surface area (Å²) < 4.78 is 10.2. The number of carbonyl (C=O) groups excluding carboxylic acids is 6. The van der Waals surface area contributed by atoms with Crippen molar-refractivity contribution < 1.29 is 38.2 Å². The highest BCUT2D eigenvalue weighted by Crippen LogP contribution is 2.60. The zero-order valence-corrected chi connectivity index (χ0v) is 30.7. The molecule has 4 fully saturated rings. The number of carbonyl (C=O) groups is 6. The van der Waals surface area contributed by atoms with Gasteiger partial charge in [-0.15, -0.1) is 22.7 Å². The first-order valence-electron chi connectivity index (χ1n) is 16.7. The predicted octanol–water partition coefficient (Wildman–Crippen LogP) is 5.06. The van der Waals surface area contributed by atoms with Crippen LogP contribution in [0.2, 0.25) is 0 Å². The molecular weight excluding hydrogens is 705 g/mol. The molecule has 0 bridgehead atoms. The number of hydrazine groups is 1. The van der Waals surface area contributed by atoms with Crippen LogP contribution in [0.3, 0.4) is 0 Å². The fraction of sp³-hybridized carbons (Fsp3) is 0.316. The number of rotatable bonds is 6. The fourth-order valence-corrected chi connectivity index (χ4v) is 10.7. The van der Waals surface area contributed by atoms with Crippen LogP contribution in [0.15, 0.2) is 60.7 Å². The summed E-state index contributed by atoms with van der Waals surface area (Å²) >= 11 is 2.34. The molecule has 6 heterocycles. The van der Waals surface area contributed by atoms with Gasteiger partial charge in [0.05, 0.1) is 49.3 Å². The van der Waals surface area contributed by atoms with E-state index < -0.39 is 71.6 Å². The van der Waals surface area contributed by atoms with E-state index in [1.165, 1.54) is 36.9 Å². The molecule has 14 heteroatoms. The number of benzene rings is 2. The first-order chi connectivity index (χ1) is 24.9. The summed E-state index contributed by atoms with van der Waals surface area (Å²) in [4.78, 5) is 89.3. The first kappa shape index (κ1) is 34.1. The summed E-state index contributed by atoms with van der Waals surface area (Å²) in [5.74, 6) is -5.45. The number of anilines is 2. The molecule has 0 radical (unpaired) electrons. The van der Waals surface area contributed by atoms with Crippen molar-refractivity contribution in [1.82, 2.24) is 10.0 Å². The van der Waals surface area contributed by atoms with Crippen LogP contribution in [-0.2, 0) is 28.7 Å². The second-order valence-corrected chi connectivity index (χ2v) is 15.8. The Labute approximate surface area is 307 Å². The third kappa shape index (κ3) is 4.50. The normalized spacial score (nSPS) is 25.6. The number of fused-ring (bicyclic) bond motifs is 5.